The fourth-order valence-electron chi connectivity index (χ4n) is 1.71. The zero-order valence-corrected chi connectivity index (χ0v) is 13.1. The molecule has 0 saturated heterocycles. The fraction of sp³-hybridized carbons (Fsp3) is 0.357. The average molecular weight is 341 g/mol. The molecule has 0 radical (unpaired) electrons. The Labute approximate surface area is 126 Å². The molecule has 0 spiro atoms. The molecular weight excluding hydrogens is 324 g/mol. The molecule has 0 saturated carbocycles. The van der Waals surface area contributed by atoms with Crippen molar-refractivity contribution in [3.63, 3.8) is 0 Å². The molecule has 0 fully saturated rings. The van der Waals surface area contributed by atoms with Gasteiger partial charge in [0.05, 0.1) is 18.6 Å². The lowest BCUT2D eigenvalue weighted by molar-refractivity contribution is -0.145. The molecule has 5 nitrogen and oxygen atoms in total. The smallest absolute Gasteiger partial charge is 0.310 e. The molecular formula is C14H17BrN2O3. The number of hydrogen-bond donors (Lipinski definition) is 0. The van der Waals surface area contributed by atoms with Crippen LogP contribution in [0.1, 0.15) is 17.3 Å². The van der Waals surface area contributed by atoms with Gasteiger partial charge >= 0.3 is 5.97 Å². The number of carbonyl (C=O) groups is 2. The van der Waals surface area contributed by atoms with Crippen molar-refractivity contribution in [3.8, 4) is 0 Å². The number of esters is 1. The number of pyridine rings is 1. The molecule has 108 valence electrons. The first-order chi connectivity index (χ1) is 9.49. The van der Waals surface area contributed by atoms with E-state index in [1.54, 1.807) is 25.3 Å². The molecule has 1 atom stereocenters. The van der Waals surface area contributed by atoms with Gasteiger partial charge in [0, 0.05) is 30.0 Å². The summed E-state index contributed by atoms with van der Waals surface area (Å²) in [5.41, 5.74) is 0.457. The maximum Gasteiger partial charge on any atom is 0.310 e. The third-order valence-corrected chi connectivity index (χ3v) is 3.12. The SMILES string of the molecule is C=CCN(CC(C)C(=O)OC)C(=O)c1cncc(Br)c1. The number of ether oxygens (including phenoxy) is 1. The van der Waals surface area contributed by atoms with Crippen LogP contribution in [0.25, 0.3) is 0 Å². The topological polar surface area (TPSA) is 59.5 Å². The van der Waals surface area contributed by atoms with E-state index in [2.05, 4.69) is 32.2 Å². The largest absolute Gasteiger partial charge is 0.469 e. The van der Waals surface area contributed by atoms with Crippen molar-refractivity contribution in [2.75, 3.05) is 20.2 Å². The van der Waals surface area contributed by atoms with E-state index in [-0.39, 0.29) is 18.4 Å². The van der Waals surface area contributed by atoms with Crippen molar-refractivity contribution in [2.45, 2.75) is 6.92 Å². The van der Waals surface area contributed by atoms with Gasteiger partial charge in [-0.25, -0.2) is 0 Å². The molecule has 1 aromatic rings. The molecule has 0 aromatic carbocycles. The Balaban J connectivity index is 2.87. The summed E-state index contributed by atoms with van der Waals surface area (Å²) in [6, 6.07) is 1.69. The van der Waals surface area contributed by atoms with Gasteiger partial charge in [-0.3, -0.25) is 14.6 Å². The Morgan fingerprint density at radius 2 is 2.25 bits per heavy atom. The van der Waals surface area contributed by atoms with E-state index < -0.39 is 5.92 Å². The molecule has 1 rings (SSSR count). The van der Waals surface area contributed by atoms with Crippen LogP contribution in [0.2, 0.25) is 0 Å². The van der Waals surface area contributed by atoms with Crippen LogP contribution in [0, 0.1) is 5.92 Å². The summed E-state index contributed by atoms with van der Waals surface area (Å²) in [7, 11) is 1.33. The number of nitrogens with zero attached hydrogens (tertiary/aromatic N) is 2. The number of amides is 1. The van der Waals surface area contributed by atoms with Gasteiger partial charge in [-0.2, -0.15) is 0 Å². The number of carbonyl (C=O) groups excluding carboxylic acids is 2. The molecule has 1 aromatic heterocycles. The minimum Gasteiger partial charge on any atom is -0.469 e. The number of rotatable bonds is 6. The lowest BCUT2D eigenvalue weighted by Gasteiger charge is -2.23. The lowest BCUT2D eigenvalue weighted by atomic mass is 10.1. The minimum atomic E-state index is -0.399. The second-order valence-electron chi connectivity index (χ2n) is 4.31. The Morgan fingerprint density at radius 1 is 1.55 bits per heavy atom. The van der Waals surface area contributed by atoms with Crippen LogP contribution in [0.3, 0.4) is 0 Å². The first kappa shape index (κ1) is 16.4. The van der Waals surface area contributed by atoms with Gasteiger partial charge in [-0.05, 0) is 22.0 Å². The fourth-order valence-corrected chi connectivity index (χ4v) is 2.08. The van der Waals surface area contributed by atoms with Crippen molar-refractivity contribution in [1.29, 1.82) is 0 Å². The van der Waals surface area contributed by atoms with Gasteiger partial charge in [0.25, 0.3) is 5.91 Å². The number of aromatic nitrogens is 1. The summed E-state index contributed by atoms with van der Waals surface area (Å²) < 4.78 is 5.40. The van der Waals surface area contributed by atoms with Crippen LogP contribution >= 0.6 is 15.9 Å². The Bertz CT molecular complexity index is 505. The van der Waals surface area contributed by atoms with Crippen LogP contribution in [0.4, 0.5) is 0 Å². The van der Waals surface area contributed by atoms with Crippen molar-refractivity contribution in [3.05, 3.63) is 41.2 Å². The zero-order chi connectivity index (χ0) is 15.1. The third kappa shape index (κ3) is 4.45. The Hall–Kier alpha value is -1.69. The van der Waals surface area contributed by atoms with E-state index in [0.717, 1.165) is 4.47 Å². The summed E-state index contributed by atoms with van der Waals surface area (Å²) in [4.78, 5) is 29.4. The highest BCUT2D eigenvalue weighted by molar-refractivity contribution is 9.10. The van der Waals surface area contributed by atoms with E-state index in [1.165, 1.54) is 18.2 Å². The van der Waals surface area contributed by atoms with E-state index in [4.69, 9.17) is 0 Å². The van der Waals surface area contributed by atoms with Crippen LogP contribution in [0.15, 0.2) is 35.6 Å². The normalized spacial score (nSPS) is 11.6. The van der Waals surface area contributed by atoms with Crippen LogP contribution in [-0.2, 0) is 9.53 Å². The monoisotopic (exact) mass is 340 g/mol. The lowest BCUT2D eigenvalue weighted by Crippen LogP contribution is -2.37. The molecule has 0 aliphatic rings. The van der Waals surface area contributed by atoms with Gasteiger partial charge in [0.1, 0.15) is 0 Å². The molecule has 20 heavy (non-hydrogen) atoms. The maximum absolute atomic E-state index is 12.4. The number of halogens is 1. The third-order valence-electron chi connectivity index (χ3n) is 2.69. The highest BCUT2D eigenvalue weighted by atomic mass is 79.9. The molecule has 0 aliphatic heterocycles. The Kier molecular flexibility index (Phi) is 6.38. The summed E-state index contributed by atoms with van der Waals surface area (Å²) in [5, 5.41) is 0. The van der Waals surface area contributed by atoms with E-state index >= 15 is 0 Å². The van der Waals surface area contributed by atoms with Gasteiger partial charge in [-0.1, -0.05) is 13.0 Å². The molecule has 1 unspecified atom stereocenters. The predicted molar refractivity (Wildman–Crippen MR) is 79.2 cm³/mol. The summed E-state index contributed by atoms with van der Waals surface area (Å²) in [6.07, 6.45) is 4.71. The molecule has 6 heteroatoms. The summed E-state index contributed by atoms with van der Waals surface area (Å²) in [6.45, 7) is 5.97. The first-order valence-corrected chi connectivity index (χ1v) is 6.87. The maximum atomic E-state index is 12.4. The van der Waals surface area contributed by atoms with Crippen molar-refractivity contribution < 1.29 is 14.3 Å². The molecule has 0 aliphatic carbocycles. The quantitative estimate of drug-likeness (QED) is 0.588. The van der Waals surface area contributed by atoms with Gasteiger partial charge in [0.2, 0.25) is 0 Å². The summed E-state index contributed by atoms with van der Waals surface area (Å²) >= 11 is 3.28. The summed E-state index contributed by atoms with van der Waals surface area (Å²) in [5.74, 6) is -0.947. The molecule has 1 heterocycles. The molecule has 0 N–H and O–H groups in total. The highest BCUT2D eigenvalue weighted by Gasteiger charge is 2.22. The van der Waals surface area contributed by atoms with Crippen molar-refractivity contribution in [2.24, 2.45) is 5.92 Å². The number of methoxy groups -OCH3 is 1. The first-order valence-electron chi connectivity index (χ1n) is 6.08. The van der Waals surface area contributed by atoms with Gasteiger partial charge in [-0.15, -0.1) is 6.58 Å². The van der Waals surface area contributed by atoms with E-state index in [1.807, 2.05) is 0 Å². The standard InChI is InChI=1S/C14H17BrN2O3/c1-4-5-17(9-10(2)14(19)20-3)13(18)11-6-12(15)8-16-7-11/h4,6-8,10H,1,5,9H2,2-3H3. The minimum absolute atomic E-state index is 0.200. The van der Waals surface area contributed by atoms with Crippen molar-refractivity contribution >= 4 is 27.8 Å². The van der Waals surface area contributed by atoms with E-state index in [0.29, 0.717) is 12.1 Å². The average Bonchev–Trinajstić information content (AvgIpc) is 2.45. The Morgan fingerprint density at radius 3 is 2.80 bits per heavy atom. The van der Waals surface area contributed by atoms with Crippen molar-refractivity contribution in [1.82, 2.24) is 9.88 Å². The second-order valence-corrected chi connectivity index (χ2v) is 5.23. The number of hydrogen-bond acceptors (Lipinski definition) is 4. The highest BCUT2D eigenvalue weighted by Crippen LogP contribution is 2.13. The molecule has 0 bridgehead atoms. The molecule has 1 amide bonds. The van der Waals surface area contributed by atoms with Crippen LogP contribution < -0.4 is 0 Å². The van der Waals surface area contributed by atoms with E-state index in [9.17, 15) is 9.59 Å². The van der Waals surface area contributed by atoms with Gasteiger partial charge < -0.3 is 9.64 Å². The van der Waals surface area contributed by atoms with Gasteiger partial charge in [0.15, 0.2) is 0 Å². The van der Waals surface area contributed by atoms with Crippen LogP contribution in [-0.4, -0.2) is 42.0 Å². The van der Waals surface area contributed by atoms with Crippen LogP contribution in [0.5, 0.6) is 0 Å². The zero-order valence-electron chi connectivity index (χ0n) is 11.5. The second kappa shape index (κ2) is 7.79. The predicted octanol–water partition coefficient (Wildman–Crippen LogP) is 2.28.